The highest BCUT2D eigenvalue weighted by Crippen LogP contribution is 2.25. The lowest BCUT2D eigenvalue weighted by Crippen LogP contribution is -2.50. The van der Waals surface area contributed by atoms with Gasteiger partial charge >= 0.3 is 0 Å². The fraction of sp³-hybridized carbons (Fsp3) is 0.440. The molecule has 1 atom stereocenters. The monoisotopic (exact) mass is 444 g/mol. The lowest BCUT2D eigenvalue weighted by atomic mass is 10.1. The van der Waals surface area contributed by atoms with E-state index >= 15 is 0 Å². The molecule has 0 saturated heterocycles. The summed E-state index contributed by atoms with van der Waals surface area (Å²) in [6.45, 7) is 8.55. The van der Waals surface area contributed by atoms with Crippen molar-refractivity contribution >= 4 is 23.4 Å². The second-order valence-electron chi connectivity index (χ2n) is 7.80. The number of rotatable bonds is 11. The third kappa shape index (κ3) is 7.59. The predicted octanol–water partition coefficient (Wildman–Crippen LogP) is 4.71. The van der Waals surface area contributed by atoms with Crippen LogP contribution in [0.5, 0.6) is 5.75 Å². The number of amides is 2. The standard InChI is InChI=1S/C25H33ClN2O3/c1-5-6-13-27-25(30)20(4)28(14-12-21-10-8-7-9-11-21)23(29)17-31-22-15-18(2)24(26)19(3)16-22/h7-11,15-16,20H,5-6,12-14,17H2,1-4H3,(H,27,30)/t20-/m1/s1. The lowest BCUT2D eigenvalue weighted by molar-refractivity contribution is -0.141. The van der Waals surface area contributed by atoms with Crippen LogP contribution in [0.1, 0.15) is 43.4 Å². The van der Waals surface area contributed by atoms with E-state index in [1.54, 1.807) is 11.8 Å². The zero-order valence-electron chi connectivity index (χ0n) is 18.9. The summed E-state index contributed by atoms with van der Waals surface area (Å²) in [4.78, 5) is 27.3. The molecule has 0 spiro atoms. The Bertz CT molecular complexity index is 847. The molecule has 2 aromatic carbocycles. The molecule has 31 heavy (non-hydrogen) atoms. The Kier molecular flexibility index (Phi) is 9.86. The second kappa shape index (κ2) is 12.4. The van der Waals surface area contributed by atoms with Crippen LogP contribution in [0.15, 0.2) is 42.5 Å². The van der Waals surface area contributed by atoms with E-state index < -0.39 is 6.04 Å². The Morgan fingerprint density at radius 1 is 1.13 bits per heavy atom. The van der Waals surface area contributed by atoms with E-state index in [1.807, 2.05) is 56.3 Å². The number of hydrogen-bond donors (Lipinski definition) is 1. The molecule has 2 rings (SSSR count). The quantitative estimate of drug-likeness (QED) is 0.510. The maximum atomic E-state index is 13.0. The molecule has 0 aromatic heterocycles. The van der Waals surface area contributed by atoms with Crippen LogP contribution < -0.4 is 10.1 Å². The normalized spacial score (nSPS) is 11.6. The molecule has 2 amide bonds. The van der Waals surface area contributed by atoms with Crippen LogP contribution in [-0.2, 0) is 16.0 Å². The average Bonchev–Trinajstić information content (AvgIpc) is 2.76. The fourth-order valence-electron chi connectivity index (χ4n) is 3.32. The molecule has 6 heteroatoms. The van der Waals surface area contributed by atoms with Crippen molar-refractivity contribution in [2.24, 2.45) is 0 Å². The van der Waals surface area contributed by atoms with Gasteiger partial charge in [-0.05, 0) is 62.4 Å². The zero-order chi connectivity index (χ0) is 22.8. The van der Waals surface area contributed by atoms with E-state index in [-0.39, 0.29) is 18.4 Å². The molecular formula is C25H33ClN2O3. The Morgan fingerprint density at radius 3 is 2.39 bits per heavy atom. The van der Waals surface area contributed by atoms with E-state index in [1.165, 1.54) is 0 Å². The number of benzene rings is 2. The minimum atomic E-state index is -0.578. The zero-order valence-corrected chi connectivity index (χ0v) is 19.7. The van der Waals surface area contributed by atoms with Crippen molar-refractivity contribution in [1.82, 2.24) is 10.2 Å². The molecule has 0 radical (unpaired) electrons. The smallest absolute Gasteiger partial charge is 0.261 e. The summed E-state index contributed by atoms with van der Waals surface area (Å²) in [5.41, 5.74) is 2.91. The van der Waals surface area contributed by atoms with E-state index in [0.29, 0.717) is 30.3 Å². The van der Waals surface area contributed by atoms with Crippen molar-refractivity contribution < 1.29 is 14.3 Å². The maximum Gasteiger partial charge on any atom is 0.261 e. The van der Waals surface area contributed by atoms with Gasteiger partial charge in [0.1, 0.15) is 11.8 Å². The molecule has 2 aromatic rings. The number of hydrogen-bond acceptors (Lipinski definition) is 3. The minimum absolute atomic E-state index is 0.137. The van der Waals surface area contributed by atoms with Crippen molar-refractivity contribution in [2.75, 3.05) is 19.7 Å². The molecule has 168 valence electrons. The van der Waals surface area contributed by atoms with Gasteiger partial charge in [0, 0.05) is 18.1 Å². The number of ether oxygens (including phenoxy) is 1. The fourth-order valence-corrected chi connectivity index (χ4v) is 3.43. The third-order valence-electron chi connectivity index (χ3n) is 5.25. The molecule has 0 heterocycles. The number of carbonyl (C=O) groups excluding carboxylic acids is 2. The van der Waals surface area contributed by atoms with Crippen molar-refractivity contribution in [3.63, 3.8) is 0 Å². The summed E-state index contributed by atoms with van der Waals surface area (Å²) in [6.07, 6.45) is 2.58. The van der Waals surface area contributed by atoms with Gasteiger partial charge in [-0.15, -0.1) is 0 Å². The predicted molar refractivity (Wildman–Crippen MR) is 126 cm³/mol. The van der Waals surface area contributed by atoms with E-state index in [0.717, 1.165) is 29.5 Å². The van der Waals surface area contributed by atoms with Crippen LogP contribution in [0.2, 0.25) is 5.02 Å². The van der Waals surface area contributed by atoms with Crippen LogP contribution in [-0.4, -0.2) is 42.5 Å². The highest BCUT2D eigenvalue weighted by atomic mass is 35.5. The van der Waals surface area contributed by atoms with Gasteiger partial charge in [-0.3, -0.25) is 9.59 Å². The van der Waals surface area contributed by atoms with Crippen LogP contribution in [0.25, 0.3) is 0 Å². The Morgan fingerprint density at radius 2 is 1.77 bits per heavy atom. The summed E-state index contributed by atoms with van der Waals surface area (Å²) in [5.74, 6) is 0.225. The molecule has 0 aliphatic rings. The van der Waals surface area contributed by atoms with Gasteiger partial charge in [0.2, 0.25) is 5.91 Å². The number of nitrogens with one attached hydrogen (secondary N) is 1. The van der Waals surface area contributed by atoms with Gasteiger partial charge in [-0.2, -0.15) is 0 Å². The molecule has 0 aliphatic heterocycles. The highest BCUT2D eigenvalue weighted by Gasteiger charge is 2.26. The van der Waals surface area contributed by atoms with Crippen molar-refractivity contribution in [3.05, 3.63) is 64.2 Å². The van der Waals surface area contributed by atoms with Crippen molar-refractivity contribution in [2.45, 2.75) is 53.0 Å². The summed E-state index contributed by atoms with van der Waals surface area (Å²) in [7, 11) is 0. The van der Waals surface area contributed by atoms with Crippen LogP contribution in [0.4, 0.5) is 0 Å². The summed E-state index contributed by atoms with van der Waals surface area (Å²) in [6, 6.07) is 13.0. The number of aryl methyl sites for hydroxylation is 2. The number of halogens is 1. The molecule has 0 fully saturated rings. The lowest BCUT2D eigenvalue weighted by Gasteiger charge is -2.28. The van der Waals surface area contributed by atoms with E-state index in [2.05, 4.69) is 12.2 Å². The van der Waals surface area contributed by atoms with Gasteiger partial charge in [0.15, 0.2) is 6.61 Å². The van der Waals surface area contributed by atoms with Gasteiger partial charge in [0.25, 0.3) is 5.91 Å². The van der Waals surface area contributed by atoms with E-state index in [4.69, 9.17) is 16.3 Å². The topological polar surface area (TPSA) is 58.6 Å². The number of carbonyl (C=O) groups is 2. The second-order valence-corrected chi connectivity index (χ2v) is 8.18. The van der Waals surface area contributed by atoms with E-state index in [9.17, 15) is 9.59 Å². The van der Waals surface area contributed by atoms with Gasteiger partial charge in [0.05, 0.1) is 0 Å². The maximum absolute atomic E-state index is 13.0. The highest BCUT2D eigenvalue weighted by molar-refractivity contribution is 6.32. The molecular weight excluding hydrogens is 412 g/mol. The van der Waals surface area contributed by atoms with Crippen LogP contribution in [0, 0.1) is 13.8 Å². The molecule has 0 saturated carbocycles. The number of nitrogens with zero attached hydrogens (tertiary/aromatic N) is 1. The van der Waals surface area contributed by atoms with Crippen molar-refractivity contribution in [1.29, 1.82) is 0 Å². The Hall–Kier alpha value is -2.53. The Labute approximate surface area is 190 Å². The molecule has 1 N–H and O–H groups in total. The first-order valence-corrected chi connectivity index (χ1v) is 11.2. The summed E-state index contributed by atoms with van der Waals surface area (Å²) < 4.78 is 5.76. The van der Waals surface area contributed by atoms with Gasteiger partial charge in [-0.25, -0.2) is 0 Å². The first-order chi connectivity index (χ1) is 14.8. The SMILES string of the molecule is CCCCNC(=O)[C@@H](C)N(CCc1ccccc1)C(=O)COc1cc(C)c(Cl)c(C)c1. The van der Waals surface area contributed by atoms with Crippen LogP contribution in [0.3, 0.4) is 0 Å². The molecule has 0 unspecified atom stereocenters. The third-order valence-corrected chi connectivity index (χ3v) is 5.85. The summed E-state index contributed by atoms with van der Waals surface area (Å²) in [5, 5.41) is 3.62. The first-order valence-electron chi connectivity index (χ1n) is 10.8. The van der Waals surface area contributed by atoms with Gasteiger partial charge < -0.3 is 15.0 Å². The first kappa shape index (κ1) is 24.7. The van der Waals surface area contributed by atoms with Crippen molar-refractivity contribution in [3.8, 4) is 5.75 Å². The molecule has 5 nitrogen and oxygen atoms in total. The number of unbranched alkanes of at least 4 members (excludes halogenated alkanes) is 1. The van der Waals surface area contributed by atoms with Gasteiger partial charge in [-0.1, -0.05) is 55.3 Å². The minimum Gasteiger partial charge on any atom is -0.484 e. The average molecular weight is 445 g/mol. The summed E-state index contributed by atoms with van der Waals surface area (Å²) >= 11 is 6.22. The Balaban J connectivity index is 2.08. The molecule has 0 aliphatic carbocycles. The van der Waals surface area contributed by atoms with Crippen LogP contribution >= 0.6 is 11.6 Å². The largest absolute Gasteiger partial charge is 0.484 e. The molecule has 0 bridgehead atoms.